The van der Waals surface area contributed by atoms with Crippen LogP contribution >= 0.6 is 0 Å². The summed E-state index contributed by atoms with van der Waals surface area (Å²) in [6.07, 6.45) is 5.45. The van der Waals surface area contributed by atoms with Crippen LogP contribution in [0.1, 0.15) is 50.9 Å². The first-order valence-electron chi connectivity index (χ1n) is 10.8. The summed E-state index contributed by atoms with van der Waals surface area (Å²) in [6, 6.07) is 10.1. The average molecular weight is 408 g/mol. The first-order valence-corrected chi connectivity index (χ1v) is 10.8. The Bertz CT molecular complexity index is 1110. The number of fused-ring (bicyclic) bond motifs is 1. The number of rotatable bonds is 5. The van der Waals surface area contributed by atoms with E-state index >= 15 is 0 Å². The van der Waals surface area contributed by atoms with Gasteiger partial charge in [0, 0.05) is 11.6 Å². The summed E-state index contributed by atoms with van der Waals surface area (Å²) < 4.78 is 2.81. The van der Waals surface area contributed by atoms with Crippen LogP contribution < -0.4 is 10.9 Å². The van der Waals surface area contributed by atoms with E-state index in [-0.39, 0.29) is 24.1 Å². The summed E-state index contributed by atoms with van der Waals surface area (Å²) in [6.45, 7) is 6.00. The Morgan fingerprint density at radius 2 is 1.90 bits per heavy atom. The maximum Gasteiger partial charge on any atom is 0.293 e. The number of carbonyl (C=O) groups is 1. The summed E-state index contributed by atoms with van der Waals surface area (Å²) >= 11 is 0. The molecule has 1 aromatic carbocycles. The minimum absolute atomic E-state index is 0.0783. The van der Waals surface area contributed by atoms with Crippen molar-refractivity contribution < 1.29 is 4.79 Å². The van der Waals surface area contributed by atoms with Crippen LogP contribution in [0.15, 0.2) is 35.1 Å². The number of nitrogens with one attached hydrogen (secondary N) is 1. The van der Waals surface area contributed by atoms with E-state index in [1.165, 1.54) is 16.7 Å². The first-order chi connectivity index (χ1) is 14.5. The third kappa shape index (κ3) is 4.01. The molecule has 1 amide bonds. The Morgan fingerprint density at radius 1 is 1.17 bits per heavy atom. The number of aryl methyl sites for hydroxylation is 2. The molecule has 0 spiro atoms. The highest BCUT2D eigenvalue weighted by Crippen LogP contribution is 2.23. The fourth-order valence-corrected chi connectivity index (χ4v) is 4.25. The Morgan fingerprint density at radius 3 is 2.60 bits per heavy atom. The van der Waals surface area contributed by atoms with E-state index in [1.807, 2.05) is 12.1 Å². The van der Waals surface area contributed by atoms with E-state index in [4.69, 9.17) is 0 Å². The Labute approximate surface area is 176 Å². The molecule has 1 saturated carbocycles. The van der Waals surface area contributed by atoms with Gasteiger partial charge in [-0.1, -0.05) is 51.0 Å². The zero-order chi connectivity index (χ0) is 21.3. The molecule has 0 bridgehead atoms. The van der Waals surface area contributed by atoms with Crippen molar-refractivity contribution in [2.45, 2.75) is 65.5 Å². The molecule has 0 saturated heterocycles. The van der Waals surface area contributed by atoms with Gasteiger partial charge in [-0.3, -0.25) is 9.59 Å². The topological polar surface area (TPSA) is 81.3 Å². The van der Waals surface area contributed by atoms with Gasteiger partial charge in [0.1, 0.15) is 17.9 Å². The molecule has 2 aromatic heterocycles. The predicted octanol–water partition coefficient (Wildman–Crippen LogP) is 3.12. The maximum atomic E-state index is 13.0. The first kappa shape index (κ1) is 20.3. The molecule has 4 rings (SSSR count). The van der Waals surface area contributed by atoms with Crippen LogP contribution in [-0.4, -0.2) is 31.3 Å². The molecule has 3 aromatic rings. The molecule has 2 atom stereocenters. The lowest BCUT2D eigenvalue weighted by Crippen LogP contribution is -2.44. The average Bonchev–Trinajstić information content (AvgIpc) is 3.20. The lowest BCUT2D eigenvalue weighted by Gasteiger charge is -2.29. The second-order valence-corrected chi connectivity index (χ2v) is 8.32. The smallest absolute Gasteiger partial charge is 0.293 e. The summed E-state index contributed by atoms with van der Waals surface area (Å²) in [5.41, 5.74) is 3.04. The normalized spacial score (nSPS) is 19.2. The molecule has 1 N–H and O–H groups in total. The van der Waals surface area contributed by atoms with Crippen LogP contribution in [0.4, 0.5) is 0 Å². The van der Waals surface area contributed by atoms with Crippen LogP contribution in [0.3, 0.4) is 0 Å². The fraction of sp³-hybridized carbons (Fsp3) is 0.478. The SMILES string of the molecule is CCc1ccc(-c2cc3c(=O)n(CC(=O)N[C@@H]4CCCC[C@H]4C)nc(C)n3n2)cc1. The third-order valence-corrected chi connectivity index (χ3v) is 6.14. The van der Waals surface area contributed by atoms with E-state index in [1.54, 1.807) is 17.5 Å². The molecule has 158 valence electrons. The van der Waals surface area contributed by atoms with Crippen molar-refractivity contribution in [1.29, 1.82) is 0 Å². The van der Waals surface area contributed by atoms with E-state index in [2.05, 4.69) is 41.5 Å². The van der Waals surface area contributed by atoms with Crippen molar-refractivity contribution >= 4 is 11.4 Å². The minimum atomic E-state index is -0.309. The van der Waals surface area contributed by atoms with Gasteiger partial charge < -0.3 is 5.32 Å². The number of nitrogens with zero attached hydrogens (tertiary/aromatic N) is 4. The number of aromatic nitrogens is 4. The number of carbonyl (C=O) groups excluding carboxylic acids is 1. The number of hydrogen-bond donors (Lipinski definition) is 1. The Kier molecular flexibility index (Phi) is 5.70. The number of hydrogen-bond acceptors (Lipinski definition) is 4. The maximum absolute atomic E-state index is 13.0. The molecule has 7 heteroatoms. The van der Waals surface area contributed by atoms with Crippen molar-refractivity contribution in [2.75, 3.05) is 0 Å². The van der Waals surface area contributed by atoms with Crippen LogP contribution in [0.5, 0.6) is 0 Å². The molecule has 0 aliphatic heterocycles. The zero-order valence-corrected chi connectivity index (χ0v) is 17.9. The lowest BCUT2D eigenvalue weighted by atomic mass is 9.86. The molecular weight excluding hydrogens is 378 g/mol. The molecule has 30 heavy (non-hydrogen) atoms. The predicted molar refractivity (Wildman–Crippen MR) is 116 cm³/mol. The molecular formula is C23H29N5O2. The molecule has 1 aliphatic carbocycles. The van der Waals surface area contributed by atoms with E-state index in [0.717, 1.165) is 36.9 Å². The van der Waals surface area contributed by atoms with Crippen molar-refractivity contribution in [3.8, 4) is 11.3 Å². The van der Waals surface area contributed by atoms with Gasteiger partial charge in [0.25, 0.3) is 5.56 Å². The van der Waals surface area contributed by atoms with Crippen LogP contribution in [0, 0.1) is 12.8 Å². The van der Waals surface area contributed by atoms with Crippen LogP contribution in [-0.2, 0) is 17.8 Å². The molecule has 7 nitrogen and oxygen atoms in total. The van der Waals surface area contributed by atoms with Gasteiger partial charge in [-0.25, -0.2) is 9.20 Å². The summed E-state index contributed by atoms with van der Waals surface area (Å²) in [5, 5.41) is 12.0. The standard InChI is InChI=1S/C23H29N5O2/c1-4-17-9-11-18(12-10-17)20-13-21-23(30)27(25-16(3)28(21)26-20)14-22(29)24-19-8-6-5-7-15(19)2/h9-13,15,19H,4-8,14H2,1-3H3,(H,24,29)/t15-,19-/m1/s1. The van der Waals surface area contributed by atoms with Gasteiger partial charge in [0.2, 0.25) is 5.91 Å². The second-order valence-electron chi connectivity index (χ2n) is 8.32. The van der Waals surface area contributed by atoms with Crippen molar-refractivity contribution in [3.05, 3.63) is 52.1 Å². The highest BCUT2D eigenvalue weighted by molar-refractivity contribution is 5.76. The van der Waals surface area contributed by atoms with E-state index < -0.39 is 0 Å². The molecule has 1 fully saturated rings. The summed E-state index contributed by atoms with van der Waals surface area (Å²) in [7, 11) is 0. The summed E-state index contributed by atoms with van der Waals surface area (Å²) in [4.78, 5) is 25.6. The molecule has 0 unspecified atom stereocenters. The Balaban J connectivity index is 1.59. The van der Waals surface area contributed by atoms with E-state index in [0.29, 0.717) is 17.3 Å². The monoisotopic (exact) mass is 407 g/mol. The highest BCUT2D eigenvalue weighted by atomic mass is 16.2. The van der Waals surface area contributed by atoms with Gasteiger partial charge in [-0.15, -0.1) is 0 Å². The van der Waals surface area contributed by atoms with Gasteiger partial charge in [0.15, 0.2) is 0 Å². The van der Waals surface area contributed by atoms with Gasteiger partial charge >= 0.3 is 0 Å². The van der Waals surface area contributed by atoms with Gasteiger partial charge in [-0.05, 0) is 43.7 Å². The fourth-order valence-electron chi connectivity index (χ4n) is 4.25. The minimum Gasteiger partial charge on any atom is -0.351 e. The number of amides is 1. The second kappa shape index (κ2) is 8.42. The van der Waals surface area contributed by atoms with Crippen molar-refractivity contribution in [2.24, 2.45) is 5.92 Å². The van der Waals surface area contributed by atoms with Crippen LogP contribution in [0.25, 0.3) is 16.8 Å². The quantitative estimate of drug-likeness (QED) is 0.705. The lowest BCUT2D eigenvalue weighted by molar-refractivity contribution is -0.123. The van der Waals surface area contributed by atoms with Crippen molar-refractivity contribution in [1.82, 2.24) is 24.7 Å². The van der Waals surface area contributed by atoms with Crippen molar-refractivity contribution in [3.63, 3.8) is 0 Å². The van der Waals surface area contributed by atoms with Crippen LogP contribution in [0.2, 0.25) is 0 Å². The Hall–Kier alpha value is -2.96. The molecule has 2 heterocycles. The molecule has 0 radical (unpaired) electrons. The van der Waals surface area contributed by atoms with E-state index in [9.17, 15) is 9.59 Å². The summed E-state index contributed by atoms with van der Waals surface area (Å²) in [5.74, 6) is 0.870. The molecule has 1 aliphatic rings. The third-order valence-electron chi connectivity index (χ3n) is 6.14. The zero-order valence-electron chi connectivity index (χ0n) is 17.9. The van der Waals surface area contributed by atoms with Gasteiger partial charge in [0.05, 0.1) is 5.69 Å². The van der Waals surface area contributed by atoms with Gasteiger partial charge in [-0.2, -0.15) is 10.2 Å². The number of benzene rings is 1. The highest BCUT2D eigenvalue weighted by Gasteiger charge is 2.23. The largest absolute Gasteiger partial charge is 0.351 e.